The molecule has 1 aliphatic heterocycles. The molecule has 1 saturated carbocycles. The van der Waals surface area contributed by atoms with Crippen molar-refractivity contribution in [2.45, 2.75) is 25.7 Å². The molecule has 3 N–H and O–H groups in total. The zero-order valence-corrected chi connectivity index (χ0v) is 17.1. The number of nitrogens with zero attached hydrogens (tertiary/aromatic N) is 2. The molecule has 2 aliphatic rings. The van der Waals surface area contributed by atoms with Crippen LogP contribution in [0, 0.1) is 22.0 Å². The summed E-state index contributed by atoms with van der Waals surface area (Å²) >= 11 is 0. The number of carbonyl (C=O) groups is 2. The fourth-order valence-corrected chi connectivity index (χ4v) is 3.73. The largest absolute Gasteiger partial charge is 0.352 e. The maximum Gasteiger partial charge on any atom is 0.277 e. The van der Waals surface area contributed by atoms with Gasteiger partial charge in [0.15, 0.2) is 0 Å². The van der Waals surface area contributed by atoms with Crippen molar-refractivity contribution in [1.82, 2.24) is 15.6 Å². The summed E-state index contributed by atoms with van der Waals surface area (Å²) in [5.74, 6) is 0.399. The standard InChI is InChI=1S/C22H25N5O4/c28-21(25-13-14-5-8-23-9-6-14)17-3-4-18(19(11-17)27(30)31)16-7-10-24-20(12-16)26-22(29)15-1-2-15/h3-4,7,10-12,14-15,23H,1-2,5-6,8-9,13H2,(H,25,28)(H,24,26,29). The maximum absolute atomic E-state index is 12.5. The lowest BCUT2D eigenvalue weighted by molar-refractivity contribution is -0.384. The van der Waals surface area contributed by atoms with Crippen molar-refractivity contribution in [3.63, 3.8) is 0 Å². The lowest BCUT2D eigenvalue weighted by Crippen LogP contribution is -2.35. The minimum atomic E-state index is -0.498. The number of nitrogens with one attached hydrogen (secondary N) is 3. The molecule has 0 bridgehead atoms. The molecule has 31 heavy (non-hydrogen) atoms. The molecular weight excluding hydrogens is 398 g/mol. The van der Waals surface area contributed by atoms with Crippen LogP contribution in [-0.4, -0.2) is 41.4 Å². The third kappa shape index (κ3) is 5.24. The van der Waals surface area contributed by atoms with Crippen molar-refractivity contribution in [1.29, 1.82) is 0 Å². The van der Waals surface area contributed by atoms with Crippen molar-refractivity contribution >= 4 is 23.3 Å². The second-order valence-corrected chi connectivity index (χ2v) is 8.09. The van der Waals surface area contributed by atoms with E-state index in [1.807, 2.05) is 0 Å². The number of anilines is 1. The Morgan fingerprint density at radius 2 is 1.90 bits per heavy atom. The Bertz CT molecular complexity index is 999. The van der Waals surface area contributed by atoms with Gasteiger partial charge in [0.1, 0.15) is 5.82 Å². The molecule has 0 radical (unpaired) electrons. The molecule has 2 fully saturated rings. The molecule has 0 spiro atoms. The van der Waals surface area contributed by atoms with Gasteiger partial charge in [-0.1, -0.05) is 0 Å². The minimum absolute atomic E-state index is 0.0301. The number of aromatic nitrogens is 1. The number of benzene rings is 1. The number of carbonyl (C=O) groups excluding carboxylic acids is 2. The summed E-state index contributed by atoms with van der Waals surface area (Å²) in [4.78, 5) is 39.9. The first-order valence-corrected chi connectivity index (χ1v) is 10.6. The monoisotopic (exact) mass is 423 g/mol. The highest BCUT2D eigenvalue weighted by atomic mass is 16.6. The average molecular weight is 423 g/mol. The first kappa shape index (κ1) is 20.9. The van der Waals surface area contributed by atoms with Crippen LogP contribution in [-0.2, 0) is 4.79 Å². The summed E-state index contributed by atoms with van der Waals surface area (Å²) in [6, 6.07) is 7.71. The van der Waals surface area contributed by atoms with Gasteiger partial charge in [-0.25, -0.2) is 4.98 Å². The van der Waals surface area contributed by atoms with Gasteiger partial charge in [-0.2, -0.15) is 0 Å². The first-order chi connectivity index (χ1) is 15.0. The van der Waals surface area contributed by atoms with Crippen LogP contribution in [0.2, 0.25) is 0 Å². The molecule has 2 aromatic rings. The Morgan fingerprint density at radius 1 is 1.13 bits per heavy atom. The number of hydrogen-bond donors (Lipinski definition) is 3. The second kappa shape index (κ2) is 9.22. The highest BCUT2D eigenvalue weighted by Crippen LogP contribution is 2.33. The average Bonchev–Trinajstić information content (AvgIpc) is 3.63. The SMILES string of the molecule is O=C(NCC1CCNCC1)c1ccc(-c2ccnc(NC(=O)C3CC3)c2)c([N+](=O)[O-])c1. The van der Waals surface area contributed by atoms with E-state index in [0.717, 1.165) is 38.8 Å². The molecule has 1 aromatic heterocycles. The van der Waals surface area contributed by atoms with E-state index in [-0.39, 0.29) is 29.0 Å². The van der Waals surface area contributed by atoms with Gasteiger partial charge >= 0.3 is 0 Å². The molecule has 1 aliphatic carbocycles. The normalized spacial score (nSPS) is 16.5. The van der Waals surface area contributed by atoms with Crippen LogP contribution < -0.4 is 16.0 Å². The lowest BCUT2D eigenvalue weighted by Gasteiger charge is -2.22. The molecule has 9 nitrogen and oxygen atoms in total. The highest BCUT2D eigenvalue weighted by Gasteiger charge is 2.30. The fraction of sp³-hybridized carbons (Fsp3) is 0.409. The number of piperidine rings is 1. The number of amides is 2. The number of rotatable bonds is 7. The number of hydrogen-bond acceptors (Lipinski definition) is 6. The number of pyridine rings is 1. The van der Waals surface area contributed by atoms with E-state index < -0.39 is 4.92 Å². The smallest absolute Gasteiger partial charge is 0.277 e. The molecule has 2 heterocycles. The minimum Gasteiger partial charge on any atom is -0.352 e. The molecule has 162 valence electrons. The zero-order valence-electron chi connectivity index (χ0n) is 17.1. The predicted octanol–water partition coefficient (Wildman–Crippen LogP) is 2.73. The quantitative estimate of drug-likeness (QED) is 0.464. The molecule has 1 aromatic carbocycles. The van der Waals surface area contributed by atoms with Crippen LogP contribution in [0.5, 0.6) is 0 Å². The zero-order chi connectivity index (χ0) is 21.8. The maximum atomic E-state index is 12.5. The number of nitro groups is 1. The molecule has 0 atom stereocenters. The third-order valence-electron chi connectivity index (χ3n) is 5.74. The van der Waals surface area contributed by atoms with Crippen LogP contribution in [0.1, 0.15) is 36.0 Å². The Labute approximate surface area is 179 Å². The molecule has 2 amide bonds. The predicted molar refractivity (Wildman–Crippen MR) is 116 cm³/mol. The van der Waals surface area contributed by atoms with Crippen LogP contribution >= 0.6 is 0 Å². The van der Waals surface area contributed by atoms with Crippen LogP contribution in [0.4, 0.5) is 11.5 Å². The van der Waals surface area contributed by atoms with E-state index in [1.54, 1.807) is 24.3 Å². The number of nitro benzene ring substituents is 1. The van der Waals surface area contributed by atoms with E-state index in [1.165, 1.54) is 12.3 Å². The van der Waals surface area contributed by atoms with Gasteiger partial charge in [0, 0.05) is 30.3 Å². The molecule has 0 unspecified atom stereocenters. The van der Waals surface area contributed by atoms with Gasteiger partial charge in [0.25, 0.3) is 11.6 Å². The van der Waals surface area contributed by atoms with Crippen molar-refractivity contribution < 1.29 is 14.5 Å². The topological polar surface area (TPSA) is 126 Å². The Hall–Kier alpha value is -3.33. The van der Waals surface area contributed by atoms with Gasteiger partial charge in [0.05, 0.1) is 10.5 Å². The molecule has 4 rings (SSSR count). The first-order valence-electron chi connectivity index (χ1n) is 10.6. The van der Waals surface area contributed by atoms with Crippen LogP contribution in [0.3, 0.4) is 0 Å². The van der Waals surface area contributed by atoms with Gasteiger partial charge in [-0.3, -0.25) is 19.7 Å². The summed E-state index contributed by atoms with van der Waals surface area (Å²) < 4.78 is 0. The van der Waals surface area contributed by atoms with E-state index in [2.05, 4.69) is 20.9 Å². The van der Waals surface area contributed by atoms with Crippen molar-refractivity contribution in [2.75, 3.05) is 25.0 Å². The Morgan fingerprint density at radius 3 is 2.61 bits per heavy atom. The van der Waals surface area contributed by atoms with E-state index in [0.29, 0.717) is 29.4 Å². The Kier molecular flexibility index (Phi) is 6.22. The molecule has 1 saturated heterocycles. The van der Waals surface area contributed by atoms with Crippen LogP contribution in [0.25, 0.3) is 11.1 Å². The summed E-state index contributed by atoms with van der Waals surface area (Å²) in [6.07, 6.45) is 5.25. The van der Waals surface area contributed by atoms with Crippen LogP contribution in [0.15, 0.2) is 36.5 Å². The van der Waals surface area contributed by atoms with E-state index >= 15 is 0 Å². The summed E-state index contributed by atoms with van der Waals surface area (Å²) in [5.41, 5.74) is 1.000. The summed E-state index contributed by atoms with van der Waals surface area (Å²) in [5, 5.41) is 20.6. The molecular formula is C22H25N5O4. The van der Waals surface area contributed by atoms with Gasteiger partial charge in [0.2, 0.25) is 5.91 Å². The van der Waals surface area contributed by atoms with E-state index in [9.17, 15) is 19.7 Å². The van der Waals surface area contributed by atoms with Gasteiger partial charge in [-0.15, -0.1) is 0 Å². The third-order valence-corrected chi connectivity index (χ3v) is 5.74. The van der Waals surface area contributed by atoms with Crippen molar-refractivity contribution in [3.05, 3.63) is 52.2 Å². The van der Waals surface area contributed by atoms with Crippen molar-refractivity contribution in [2.24, 2.45) is 11.8 Å². The van der Waals surface area contributed by atoms with Gasteiger partial charge in [-0.05, 0) is 74.5 Å². The molecule has 9 heteroatoms. The van der Waals surface area contributed by atoms with E-state index in [4.69, 9.17) is 0 Å². The lowest BCUT2D eigenvalue weighted by atomic mass is 9.98. The highest BCUT2D eigenvalue weighted by molar-refractivity contribution is 5.96. The fourth-order valence-electron chi connectivity index (χ4n) is 3.73. The Balaban J connectivity index is 1.51. The van der Waals surface area contributed by atoms with Crippen molar-refractivity contribution in [3.8, 4) is 11.1 Å². The van der Waals surface area contributed by atoms with Gasteiger partial charge < -0.3 is 16.0 Å². The summed E-state index contributed by atoms with van der Waals surface area (Å²) in [6.45, 7) is 2.44. The second-order valence-electron chi connectivity index (χ2n) is 8.09. The summed E-state index contributed by atoms with van der Waals surface area (Å²) in [7, 11) is 0.